The van der Waals surface area contributed by atoms with E-state index in [4.69, 9.17) is 5.11 Å². The van der Waals surface area contributed by atoms with Crippen LogP contribution in [0.3, 0.4) is 0 Å². The van der Waals surface area contributed by atoms with Crippen molar-refractivity contribution in [3.05, 3.63) is 29.8 Å². The van der Waals surface area contributed by atoms with E-state index >= 15 is 0 Å². The van der Waals surface area contributed by atoms with Crippen molar-refractivity contribution in [1.82, 2.24) is 0 Å². The molecule has 0 atom stereocenters. The van der Waals surface area contributed by atoms with E-state index in [2.05, 4.69) is 0 Å². The zero-order valence-corrected chi connectivity index (χ0v) is 6.73. The van der Waals surface area contributed by atoms with E-state index in [1.165, 1.54) is 0 Å². The summed E-state index contributed by atoms with van der Waals surface area (Å²) in [5.41, 5.74) is 0.977. The van der Waals surface area contributed by atoms with Gasteiger partial charge in [-0.1, -0.05) is 12.1 Å². The van der Waals surface area contributed by atoms with Crippen LogP contribution in [0.5, 0.6) is 0 Å². The molecule has 0 saturated heterocycles. The largest absolute Gasteiger partial charge is 0.465 e. The van der Waals surface area contributed by atoms with Crippen LogP contribution >= 0.6 is 0 Å². The monoisotopic (exact) mass is 177 g/mol. The summed E-state index contributed by atoms with van der Waals surface area (Å²) in [5.74, 6) is -0.141. The fraction of sp³-hybridized carbons (Fsp3) is 0.111. The average Bonchev–Trinajstić information content (AvgIpc) is 2.45. The standard InChI is InChI=1S/C9H7NO3/c11-8-5-10(9(12)13)7-4-2-1-3-6(7)8/h1-4H,5H2,(H,12,13). The maximum absolute atomic E-state index is 11.3. The van der Waals surface area contributed by atoms with E-state index in [1.807, 2.05) is 0 Å². The molecule has 1 N–H and O–H groups in total. The first-order chi connectivity index (χ1) is 6.20. The Morgan fingerprint density at radius 2 is 2.08 bits per heavy atom. The van der Waals surface area contributed by atoms with Gasteiger partial charge in [0.25, 0.3) is 0 Å². The minimum Gasteiger partial charge on any atom is -0.465 e. The molecular weight excluding hydrogens is 170 g/mol. The number of carboxylic acid groups (broad SMARTS) is 1. The predicted octanol–water partition coefficient (Wildman–Crippen LogP) is 1.37. The SMILES string of the molecule is O=C1CN(C(=O)O)c2ccccc21. The van der Waals surface area contributed by atoms with Crippen LogP contribution in [0, 0.1) is 0 Å². The zero-order chi connectivity index (χ0) is 9.42. The van der Waals surface area contributed by atoms with Gasteiger partial charge in [-0.2, -0.15) is 0 Å². The summed E-state index contributed by atoms with van der Waals surface area (Å²) >= 11 is 0. The Hall–Kier alpha value is -1.84. The molecule has 1 aliphatic rings. The van der Waals surface area contributed by atoms with Gasteiger partial charge in [-0.05, 0) is 12.1 Å². The predicted molar refractivity (Wildman–Crippen MR) is 46.1 cm³/mol. The molecule has 1 amide bonds. The number of fused-ring (bicyclic) bond motifs is 1. The van der Waals surface area contributed by atoms with Gasteiger partial charge in [-0.3, -0.25) is 9.69 Å². The van der Waals surface area contributed by atoms with E-state index in [-0.39, 0.29) is 12.3 Å². The molecule has 1 aromatic rings. The van der Waals surface area contributed by atoms with Crippen LogP contribution in [0.1, 0.15) is 10.4 Å². The molecule has 0 unspecified atom stereocenters. The summed E-state index contributed by atoms with van der Waals surface area (Å²) in [5, 5.41) is 8.75. The summed E-state index contributed by atoms with van der Waals surface area (Å²) in [7, 11) is 0. The average molecular weight is 177 g/mol. The van der Waals surface area contributed by atoms with Crippen molar-refractivity contribution in [2.45, 2.75) is 0 Å². The summed E-state index contributed by atoms with van der Waals surface area (Å²) < 4.78 is 0. The lowest BCUT2D eigenvalue weighted by Crippen LogP contribution is -2.28. The van der Waals surface area contributed by atoms with Gasteiger partial charge >= 0.3 is 6.09 Å². The van der Waals surface area contributed by atoms with Crippen LogP contribution in [-0.4, -0.2) is 23.5 Å². The Kier molecular flexibility index (Phi) is 1.55. The molecule has 0 aliphatic carbocycles. The van der Waals surface area contributed by atoms with Crippen molar-refractivity contribution in [1.29, 1.82) is 0 Å². The number of benzene rings is 1. The van der Waals surface area contributed by atoms with Crippen molar-refractivity contribution in [2.24, 2.45) is 0 Å². The molecule has 66 valence electrons. The number of para-hydroxylation sites is 1. The highest BCUT2D eigenvalue weighted by molar-refractivity contribution is 6.14. The van der Waals surface area contributed by atoms with Crippen LogP contribution in [0.25, 0.3) is 0 Å². The van der Waals surface area contributed by atoms with Gasteiger partial charge in [0, 0.05) is 5.56 Å². The number of anilines is 1. The second-order valence-corrected chi connectivity index (χ2v) is 2.81. The second-order valence-electron chi connectivity index (χ2n) is 2.81. The van der Waals surface area contributed by atoms with Gasteiger partial charge in [0.1, 0.15) is 0 Å². The number of hydrogen-bond donors (Lipinski definition) is 1. The van der Waals surface area contributed by atoms with Crippen molar-refractivity contribution >= 4 is 17.6 Å². The molecule has 0 bridgehead atoms. The van der Waals surface area contributed by atoms with Gasteiger partial charge in [0.2, 0.25) is 0 Å². The number of Topliss-reactive ketones (excluding diaryl/α,β-unsaturated/α-hetero) is 1. The Morgan fingerprint density at radius 3 is 2.77 bits per heavy atom. The lowest BCUT2D eigenvalue weighted by atomic mass is 10.1. The lowest BCUT2D eigenvalue weighted by Gasteiger charge is -2.10. The molecule has 0 fully saturated rings. The topological polar surface area (TPSA) is 57.6 Å². The molecule has 4 heteroatoms. The number of hydrogen-bond acceptors (Lipinski definition) is 2. The van der Waals surface area contributed by atoms with E-state index < -0.39 is 6.09 Å². The van der Waals surface area contributed by atoms with E-state index in [0.29, 0.717) is 11.3 Å². The van der Waals surface area contributed by atoms with Gasteiger partial charge in [0.15, 0.2) is 5.78 Å². The third kappa shape index (κ3) is 1.07. The number of carbonyl (C=O) groups excluding carboxylic acids is 1. The molecule has 0 radical (unpaired) electrons. The first-order valence-electron chi connectivity index (χ1n) is 3.83. The van der Waals surface area contributed by atoms with Crippen LogP contribution < -0.4 is 4.90 Å². The fourth-order valence-corrected chi connectivity index (χ4v) is 1.43. The van der Waals surface area contributed by atoms with E-state index in [1.54, 1.807) is 24.3 Å². The maximum atomic E-state index is 11.3. The van der Waals surface area contributed by atoms with E-state index in [9.17, 15) is 9.59 Å². The summed E-state index contributed by atoms with van der Waals surface area (Å²) in [6.07, 6.45) is -1.08. The number of ketones is 1. The first-order valence-corrected chi connectivity index (χ1v) is 3.83. The summed E-state index contributed by atoms with van der Waals surface area (Å²) in [6.45, 7) is -0.0608. The number of rotatable bonds is 0. The highest BCUT2D eigenvalue weighted by Gasteiger charge is 2.29. The van der Waals surface area contributed by atoms with Crippen LogP contribution in [0.15, 0.2) is 24.3 Å². The molecular formula is C9H7NO3. The van der Waals surface area contributed by atoms with Crippen molar-refractivity contribution in [3.63, 3.8) is 0 Å². The minimum atomic E-state index is -1.08. The molecule has 0 aromatic heterocycles. The van der Waals surface area contributed by atoms with Crippen LogP contribution in [-0.2, 0) is 0 Å². The van der Waals surface area contributed by atoms with Gasteiger partial charge in [0.05, 0.1) is 12.2 Å². The molecule has 1 aromatic carbocycles. The molecule has 0 spiro atoms. The molecule has 13 heavy (non-hydrogen) atoms. The molecule has 0 saturated carbocycles. The van der Waals surface area contributed by atoms with Crippen molar-refractivity contribution in [3.8, 4) is 0 Å². The van der Waals surface area contributed by atoms with Crippen LogP contribution in [0.2, 0.25) is 0 Å². The zero-order valence-electron chi connectivity index (χ0n) is 6.73. The summed E-state index contributed by atoms with van der Waals surface area (Å²) in [4.78, 5) is 23.0. The first kappa shape index (κ1) is 7.79. The number of carbonyl (C=O) groups is 2. The molecule has 4 nitrogen and oxygen atoms in total. The highest BCUT2D eigenvalue weighted by atomic mass is 16.4. The van der Waals surface area contributed by atoms with Crippen molar-refractivity contribution in [2.75, 3.05) is 11.4 Å². The number of amides is 1. The molecule has 1 heterocycles. The minimum absolute atomic E-state index is 0.0608. The third-order valence-corrected chi connectivity index (χ3v) is 2.03. The molecule has 1 aliphatic heterocycles. The van der Waals surface area contributed by atoms with Gasteiger partial charge < -0.3 is 5.11 Å². The Labute approximate surface area is 74.4 Å². The smallest absolute Gasteiger partial charge is 0.412 e. The Morgan fingerprint density at radius 1 is 1.38 bits per heavy atom. The molecule has 2 rings (SSSR count). The van der Waals surface area contributed by atoms with Crippen LogP contribution in [0.4, 0.5) is 10.5 Å². The lowest BCUT2D eigenvalue weighted by molar-refractivity contribution is 0.101. The Bertz CT molecular complexity index is 386. The normalized spacial score (nSPS) is 14.5. The highest BCUT2D eigenvalue weighted by Crippen LogP contribution is 2.26. The third-order valence-electron chi connectivity index (χ3n) is 2.03. The number of nitrogens with zero attached hydrogens (tertiary/aromatic N) is 1. The Balaban J connectivity index is 2.53. The maximum Gasteiger partial charge on any atom is 0.412 e. The second kappa shape index (κ2) is 2.58. The summed E-state index contributed by atoms with van der Waals surface area (Å²) in [6, 6.07) is 6.71. The van der Waals surface area contributed by atoms with Crippen molar-refractivity contribution < 1.29 is 14.7 Å². The van der Waals surface area contributed by atoms with E-state index in [0.717, 1.165) is 4.90 Å². The van der Waals surface area contributed by atoms with Gasteiger partial charge in [-0.25, -0.2) is 4.79 Å². The fourth-order valence-electron chi connectivity index (χ4n) is 1.43. The van der Waals surface area contributed by atoms with Gasteiger partial charge in [-0.15, -0.1) is 0 Å². The quantitative estimate of drug-likeness (QED) is 0.651.